The highest BCUT2D eigenvalue weighted by atomic mass is 16.3. The van der Waals surface area contributed by atoms with Crippen LogP contribution >= 0.6 is 0 Å². The number of hydrogen-bond acceptors (Lipinski definition) is 3. The van der Waals surface area contributed by atoms with E-state index in [1.807, 2.05) is 26.2 Å². The molecule has 1 aromatic rings. The highest BCUT2D eigenvalue weighted by molar-refractivity contribution is 4.98. The first-order valence-corrected chi connectivity index (χ1v) is 4.05. The van der Waals surface area contributed by atoms with Crippen LogP contribution in [0, 0.1) is 0 Å². The summed E-state index contributed by atoms with van der Waals surface area (Å²) in [4.78, 5) is 0. The summed E-state index contributed by atoms with van der Waals surface area (Å²) in [6, 6.07) is 2.09. The van der Waals surface area contributed by atoms with Gasteiger partial charge in [-0.1, -0.05) is 0 Å². The SMILES string of the molecule is C[C@H](CO)NCc1ccn(C)n1. The van der Waals surface area contributed by atoms with Gasteiger partial charge < -0.3 is 10.4 Å². The second kappa shape index (κ2) is 4.23. The van der Waals surface area contributed by atoms with Gasteiger partial charge in [-0.25, -0.2) is 0 Å². The minimum Gasteiger partial charge on any atom is -0.395 e. The lowest BCUT2D eigenvalue weighted by Gasteiger charge is -2.07. The molecule has 1 heterocycles. The third-order valence-corrected chi connectivity index (χ3v) is 1.67. The Labute approximate surface area is 72.2 Å². The van der Waals surface area contributed by atoms with Gasteiger partial charge in [0.05, 0.1) is 12.3 Å². The molecule has 0 saturated heterocycles. The van der Waals surface area contributed by atoms with Crippen molar-refractivity contribution in [2.45, 2.75) is 19.5 Å². The van der Waals surface area contributed by atoms with E-state index in [1.165, 1.54) is 0 Å². The predicted octanol–water partition coefficient (Wildman–Crippen LogP) is -0.110. The fourth-order valence-corrected chi connectivity index (χ4v) is 0.901. The zero-order chi connectivity index (χ0) is 8.97. The highest BCUT2D eigenvalue weighted by Crippen LogP contribution is 1.93. The number of aromatic nitrogens is 2. The normalized spacial score (nSPS) is 13.2. The molecular formula is C8H15N3O. The van der Waals surface area contributed by atoms with Crippen LogP contribution in [0.15, 0.2) is 12.3 Å². The molecule has 0 amide bonds. The number of aliphatic hydroxyl groups excluding tert-OH is 1. The molecule has 4 heteroatoms. The maximum atomic E-state index is 8.73. The van der Waals surface area contributed by atoms with Crippen molar-refractivity contribution in [3.63, 3.8) is 0 Å². The Bertz CT molecular complexity index is 234. The van der Waals surface area contributed by atoms with E-state index in [2.05, 4.69) is 10.4 Å². The number of aryl methyl sites for hydroxylation is 1. The monoisotopic (exact) mass is 169 g/mol. The summed E-state index contributed by atoms with van der Waals surface area (Å²) >= 11 is 0. The van der Waals surface area contributed by atoms with Crippen LogP contribution in [-0.2, 0) is 13.6 Å². The largest absolute Gasteiger partial charge is 0.395 e. The minimum absolute atomic E-state index is 0.131. The maximum absolute atomic E-state index is 8.73. The molecule has 1 aromatic heterocycles. The van der Waals surface area contributed by atoms with Gasteiger partial charge in [0.25, 0.3) is 0 Å². The highest BCUT2D eigenvalue weighted by Gasteiger charge is 2.00. The molecule has 0 fully saturated rings. The van der Waals surface area contributed by atoms with E-state index in [0.717, 1.165) is 5.69 Å². The molecule has 0 aliphatic carbocycles. The Balaban J connectivity index is 2.33. The molecular weight excluding hydrogens is 154 g/mol. The summed E-state index contributed by atoms with van der Waals surface area (Å²) < 4.78 is 1.76. The average molecular weight is 169 g/mol. The Morgan fingerprint density at radius 3 is 3.00 bits per heavy atom. The van der Waals surface area contributed by atoms with E-state index in [4.69, 9.17) is 5.11 Å². The summed E-state index contributed by atoms with van der Waals surface area (Å²) in [5, 5.41) is 16.1. The van der Waals surface area contributed by atoms with Crippen molar-refractivity contribution in [2.75, 3.05) is 6.61 Å². The number of aliphatic hydroxyl groups is 1. The Hall–Kier alpha value is -0.870. The molecule has 0 spiro atoms. The minimum atomic E-state index is 0.131. The quantitative estimate of drug-likeness (QED) is 0.661. The van der Waals surface area contributed by atoms with Crippen molar-refractivity contribution < 1.29 is 5.11 Å². The second-order valence-corrected chi connectivity index (χ2v) is 2.95. The van der Waals surface area contributed by atoms with Crippen LogP contribution in [0.5, 0.6) is 0 Å². The van der Waals surface area contributed by atoms with Crippen LogP contribution in [0.25, 0.3) is 0 Å². The second-order valence-electron chi connectivity index (χ2n) is 2.95. The fraction of sp³-hybridized carbons (Fsp3) is 0.625. The van der Waals surface area contributed by atoms with Crippen LogP contribution in [0.4, 0.5) is 0 Å². The van der Waals surface area contributed by atoms with Crippen LogP contribution in [-0.4, -0.2) is 27.5 Å². The summed E-state index contributed by atoms with van der Waals surface area (Å²) in [6.45, 7) is 2.80. The van der Waals surface area contributed by atoms with Crippen molar-refractivity contribution >= 4 is 0 Å². The number of nitrogens with one attached hydrogen (secondary N) is 1. The standard InChI is InChI=1S/C8H15N3O/c1-7(6-12)9-5-8-3-4-11(2)10-8/h3-4,7,9,12H,5-6H2,1-2H3/t7-/m1/s1. The number of rotatable bonds is 4. The number of nitrogens with zero attached hydrogens (tertiary/aromatic N) is 2. The maximum Gasteiger partial charge on any atom is 0.0762 e. The third-order valence-electron chi connectivity index (χ3n) is 1.67. The number of hydrogen-bond donors (Lipinski definition) is 2. The van der Waals surface area contributed by atoms with Crippen molar-refractivity contribution in [1.29, 1.82) is 0 Å². The zero-order valence-electron chi connectivity index (χ0n) is 7.49. The van der Waals surface area contributed by atoms with Crippen molar-refractivity contribution in [2.24, 2.45) is 7.05 Å². The molecule has 1 rings (SSSR count). The van der Waals surface area contributed by atoms with Crippen LogP contribution < -0.4 is 5.32 Å². The van der Waals surface area contributed by atoms with Crippen LogP contribution in [0.3, 0.4) is 0 Å². The first-order valence-electron chi connectivity index (χ1n) is 4.05. The van der Waals surface area contributed by atoms with Gasteiger partial charge in [-0.3, -0.25) is 4.68 Å². The van der Waals surface area contributed by atoms with Gasteiger partial charge in [-0.2, -0.15) is 5.10 Å². The lowest BCUT2D eigenvalue weighted by molar-refractivity contribution is 0.250. The molecule has 4 nitrogen and oxygen atoms in total. The van der Waals surface area contributed by atoms with Crippen molar-refractivity contribution in [3.05, 3.63) is 18.0 Å². The predicted molar refractivity (Wildman–Crippen MR) is 46.6 cm³/mol. The fourth-order valence-electron chi connectivity index (χ4n) is 0.901. The summed E-state index contributed by atoms with van der Waals surface area (Å²) in [5.41, 5.74) is 0.998. The van der Waals surface area contributed by atoms with E-state index in [9.17, 15) is 0 Å². The van der Waals surface area contributed by atoms with E-state index < -0.39 is 0 Å². The van der Waals surface area contributed by atoms with Gasteiger partial charge >= 0.3 is 0 Å². The molecule has 1 atom stereocenters. The van der Waals surface area contributed by atoms with E-state index in [-0.39, 0.29) is 12.6 Å². The molecule has 0 unspecified atom stereocenters. The first-order chi connectivity index (χ1) is 5.72. The molecule has 0 bridgehead atoms. The van der Waals surface area contributed by atoms with E-state index in [0.29, 0.717) is 6.54 Å². The van der Waals surface area contributed by atoms with Gasteiger partial charge in [0.1, 0.15) is 0 Å². The summed E-state index contributed by atoms with van der Waals surface area (Å²) in [6.07, 6.45) is 1.90. The Morgan fingerprint density at radius 2 is 2.50 bits per heavy atom. The molecule has 68 valence electrons. The molecule has 0 aliphatic rings. The Kier molecular flexibility index (Phi) is 3.25. The lowest BCUT2D eigenvalue weighted by Crippen LogP contribution is -2.28. The zero-order valence-corrected chi connectivity index (χ0v) is 7.49. The van der Waals surface area contributed by atoms with Crippen LogP contribution in [0.1, 0.15) is 12.6 Å². The van der Waals surface area contributed by atoms with Gasteiger partial charge in [-0.05, 0) is 13.0 Å². The topological polar surface area (TPSA) is 50.1 Å². The van der Waals surface area contributed by atoms with E-state index >= 15 is 0 Å². The van der Waals surface area contributed by atoms with Crippen LogP contribution in [0.2, 0.25) is 0 Å². The van der Waals surface area contributed by atoms with Crippen molar-refractivity contribution in [1.82, 2.24) is 15.1 Å². The first kappa shape index (κ1) is 9.22. The van der Waals surface area contributed by atoms with Gasteiger partial charge in [0.2, 0.25) is 0 Å². The molecule has 2 N–H and O–H groups in total. The third kappa shape index (κ3) is 2.64. The smallest absolute Gasteiger partial charge is 0.0762 e. The van der Waals surface area contributed by atoms with Gasteiger partial charge in [-0.15, -0.1) is 0 Å². The summed E-state index contributed by atoms with van der Waals surface area (Å²) in [5.74, 6) is 0. The van der Waals surface area contributed by atoms with E-state index in [1.54, 1.807) is 4.68 Å². The van der Waals surface area contributed by atoms with Gasteiger partial charge in [0, 0.05) is 25.8 Å². The molecule has 0 saturated carbocycles. The average Bonchev–Trinajstić information content (AvgIpc) is 2.47. The lowest BCUT2D eigenvalue weighted by atomic mass is 10.3. The summed E-state index contributed by atoms with van der Waals surface area (Å²) in [7, 11) is 1.89. The van der Waals surface area contributed by atoms with Gasteiger partial charge in [0.15, 0.2) is 0 Å². The van der Waals surface area contributed by atoms with Crippen molar-refractivity contribution in [3.8, 4) is 0 Å². The molecule has 0 radical (unpaired) electrons. The molecule has 0 aromatic carbocycles. The Morgan fingerprint density at radius 1 is 1.75 bits per heavy atom. The molecule has 12 heavy (non-hydrogen) atoms. The molecule has 0 aliphatic heterocycles.